The van der Waals surface area contributed by atoms with Crippen LogP contribution in [0.5, 0.6) is 0 Å². The summed E-state index contributed by atoms with van der Waals surface area (Å²) in [5, 5.41) is 2.85. The molecule has 0 aliphatic carbocycles. The van der Waals surface area contributed by atoms with Crippen LogP contribution >= 0.6 is 0 Å². The molecule has 23 heavy (non-hydrogen) atoms. The fourth-order valence-corrected chi connectivity index (χ4v) is 3.20. The number of hydrogen-bond donors (Lipinski definition) is 2. The van der Waals surface area contributed by atoms with Crippen molar-refractivity contribution in [3.05, 3.63) is 59.7 Å². The molecule has 1 amide bonds. The van der Waals surface area contributed by atoms with Gasteiger partial charge in [-0.1, -0.05) is 30.3 Å². The Hall–Kier alpha value is -2.60. The van der Waals surface area contributed by atoms with Gasteiger partial charge in [0, 0.05) is 16.9 Å². The smallest absolute Gasteiger partial charge is 0.256 e. The van der Waals surface area contributed by atoms with Gasteiger partial charge in [0.1, 0.15) is 0 Å². The number of carbonyl (C=O) groups excluding carboxylic acids is 1. The quantitative estimate of drug-likeness (QED) is 0.851. The number of carbonyl (C=O) groups is 1. The standard InChI is InChI=1S/C17H16N2O3S/c1-11(12-7-9-13(10-8-12)19-23(2,21)22)16-14-5-3-4-6-15(14)18-17(16)20/h3-10,19H,1-2H3,(H,18,20)/b16-11-. The molecule has 2 N–H and O–H groups in total. The van der Waals surface area contributed by atoms with Crippen molar-refractivity contribution in [1.82, 2.24) is 0 Å². The average molecular weight is 328 g/mol. The minimum Gasteiger partial charge on any atom is -0.321 e. The van der Waals surface area contributed by atoms with Crippen molar-refractivity contribution in [2.75, 3.05) is 16.3 Å². The SMILES string of the molecule is C/C(=C1/C(=O)Nc2ccccc21)c1ccc(NS(C)(=O)=O)cc1. The van der Waals surface area contributed by atoms with E-state index in [4.69, 9.17) is 0 Å². The van der Waals surface area contributed by atoms with Crippen LogP contribution in [0.1, 0.15) is 18.1 Å². The first kappa shape index (κ1) is 15.3. The van der Waals surface area contributed by atoms with Gasteiger partial charge < -0.3 is 5.32 Å². The van der Waals surface area contributed by atoms with Gasteiger partial charge >= 0.3 is 0 Å². The van der Waals surface area contributed by atoms with Gasteiger partial charge in [0.15, 0.2) is 0 Å². The molecule has 0 fully saturated rings. The summed E-state index contributed by atoms with van der Waals surface area (Å²) in [6.07, 6.45) is 1.11. The number of allylic oxidation sites excluding steroid dienone is 1. The maximum Gasteiger partial charge on any atom is 0.256 e. The minimum absolute atomic E-state index is 0.123. The van der Waals surface area contributed by atoms with Crippen LogP contribution in [0.4, 0.5) is 11.4 Å². The number of sulfonamides is 1. The Morgan fingerprint density at radius 3 is 2.35 bits per heavy atom. The van der Waals surface area contributed by atoms with Crippen molar-refractivity contribution in [2.45, 2.75) is 6.92 Å². The lowest BCUT2D eigenvalue weighted by Crippen LogP contribution is -2.09. The highest BCUT2D eigenvalue weighted by Crippen LogP contribution is 2.36. The first-order valence-electron chi connectivity index (χ1n) is 7.05. The molecule has 0 aromatic heterocycles. The number of nitrogens with one attached hydrogen (secondary N) is 2. The molecular formula is C17H16N2O3S. The highest BCUT2D eigenvalue weighted by molar-refractivity contribution is 7.92. The van der Waals surface area contributed by atoms with Gasteiger partial charge in [-0.15, -0.1) is 0 Å². The Morgan fingerprint density at radius 2 is 1.70 bits per heavy atom. The normalized spacial score (nSPS) is 15.8. The second-order valence-corrected chi connectivity index (χ2v) is 7.20. The van der Waals surface area contributed by atoms with E-state index in [2.05, 4.69) is 10.0 Å². The molecule has 1 aliphatic heterocycles. The predicted octanol–water partition coefficient (Wildman–Crippen LogP) is 2.94. The largest absolute Gasteiger partial charge is 0.321 e. The molecule has 6 heteroatoms. The summed E-state index contributed by atoms with van der Waals surface area (Å²) >= 11 is 0. The third-order valence-electron chi connectivity index (χ3n) is 3.67. The van der Waals surface area contributed by atoms with E-state index >= 15 is 0 Å². The van der Waals surface area contributed by atoms with Crippen molar-refractivity contribution in [2.24, 2.45) is 0 Å². The Morgan fingerprint density at radius 1 is 1.04 bits per heavy atom. The summed E-state index contributed by atoms with van der Waals surface area (Å²) in [6, 6.07) is 14.5. The van der Waals surface area contributed by atoms with Crippen molar-refractivity contribution in [1.29, 1.82) is 0 Å². The number of rotatable bonds is 3. The molecule has 5 nitrogen and oxygen atoms in total. The van der Waals surface area contributed by atoms with E-state index in [1.807, 2.05) is 31.2 Å². The second-order valence-electron chi connectivity index (χ2n) is 5.45. The van der Waals surface area contributed by atoms with E-state index in [9.17, 15) is 13.2 Å². The topological polar surface area (TPSA) is 75.3 Å². The lowest BCUT2D eigenvalue weighted by atomic mass is 9.96. The van der Waals surface area contributed by atoms with Crippen LogP contribution in [-0.2, 0) is 14.8 Å². The lowest BCUT2D eigenvalue weighted by molar-refractivity contribution is -0.110. The number of fused-ring (bicyclic) bond motifs is 1. The Kier molecular flexibility index (Phi) is 3.69. The molecule has 3 rings (SSSR count). The van der Waals surface area contributed by atoms with Crippen LogP contribution in [-0.4, -0.2) is 20.6 Å². The zero-order valence-corrected chi connectivity index (χ0v) is 13.6. The van der Waals surface area contributed by atoms with Crippen LogP contribution in [0.2, 0.25) is 0 Å². The maximum absolute atomic E-state index is 12.2. The molecule has 0 spiro atoms. The highest BCUT2D eigenvalue weighted by atomic mass is 32.2. The van der Waals surface area contributed by atoms with Gasteiger partial charge in [0.25, 0.3) is 5.91 Å². The van der Waals surface area contributed by atoms with Gasteiger partial charge in [-0.05, 0) is 36.3 Å². The van der Waals surface area contributed by atoms with Gasteiger partial charge in [-0.3, -0.25) is 9.52 Å². The van der Waals surface area contributed by atoms with E-state index in [-0.39, 0.29) is 5.91 Å². The van der Waals surface area contributed by atoms with Crippen molar-refractivity contribution < 1.29 is 13.2 Å². The molecular weight excluding hydrogens is 312 g/mol. The number of amides is 1. The summed E-state index contributed by atoms with van der Waals surface area (Å²) in [5.74, 6) is -0.123. The first-order valence-corrected chi connectivity index (χ1v) is 8.94. The summed E-state index contributed by atoms with van der Waals surface area (Å²) in [4.78, 5) is 12.2. The molecule has 0 atom stereocenters. The molecule has 1 heterocycles. The first-order chi connectivity index (χ1) is 10.8. The van der Waals surface area contributed by atoms with Crippen LogP contribution < -0.4 is 10.0 Å². The fourth-order valence-electron chi connectivity index (χ4n) is 2.64. The van der Waals surface area contributed by atoms with E-state index in [0.717, 1.165) is 28.6 Å². The molecule has 0 saturated heterocycles. The van der Waals surface area contributed by atoms with Crippen molar-refractivity contribution >= 4 is 38.5 Å². The number of hydrogen-bond acceptors (Lipinski definition) is 3. The van der Waals surface area contributed by atoms with E-state index in [0.29, 0.717) is 11.3 Å². The minimum atomic E-state index is -3.30. The van der Waals surface area contributed by atoms with Crippen LogP contribution in [0.25, 0.3) is 11.1 Å². The zero-order valence-electron chi connectivity index (χ0n) is 12.8. The van der Waals surface area contributed by atoms with Crippen molar-refractivity contribution in [3.63, 3.8) is 0 Å². The Bertz CT molecular complexity index is 913. The summed E-state index contributed by atoms with van der Waals surface area (Å²) in [5.41, 5.74) is 4.54. The predicted molar refractivity (Wildman–Crippen MR) is 92.5 cm³/mol. The summed E-state index contributed by atoms with van der Waals surface area (Å²) in [6.45, 7) is 1.88. The number of anilines is 2. The third-order valence-corrected chi connectivity index (χ3v) is 4.27. The molecule has 118 valence electrons. The monoisotopic (exact) mass is 328 g/mol. The molecule has 1 aliphatic rings. The Labute approximate surface area is 135 Å². The van der Waals surface area contributed by atoms with E-state index in [1.54, 1.807) is 24.3 Å². The second kappa shape index (κ2) is 5.55. The van der Waals surface area contributed by atoms with E-state index < -0.39 is 10.0 Å². The van der Waals surface area contributed by atoms with Gasteiger partial charge in [0.05, 0.1) is 11.8 Å². The third kappa shape index (κ3) is 3.12. The molecule has 2 aromatic rings. The van der Waals surface area contributed by atoms with Gasteiger partial charge in [0.2, 0.25) is 10.0 Å². The molecule has 0 bridgehead atoms. The molecule has 0 unspecified atom stereocenters. The van der Waals surface area contributed by atoms with E-state index in [1.165, 1.54) is 0 Å². The summed E-state index contributed by atoms with van der Waals surface area (Å²) in [7, 11) is -3.30. The van der Waals surface area contributed by atoms with Crippen LogP contribution in [0.15, 0.2) is 48.5 Å². The molecule has 0 saturated carbocycles. The number of para-hydroxylation sites is 1. The van der Waals surface area contributed by atoms with Crippen LogP contribution in [0.3, 0.4) is 0 Å². The van der Waals surface area contributed by atoms with Gasteiger partial charge in [-0.25, -0.2) is 8.42 Å². The van der Waals surface area contributed by atoms with Crippen molar-refractivity contribution in [3.8, 4) is 0 Å². The van der Waals surface area contributed by atoms with Gasteiger partial charge in [-0.2, -0.15) is 0 Å². The average Bonchev–Trinajstić information content (AvgIpc) is 2.81. The zero-order chi connectivity index (χ0) is 16.6. The fraction of sp³-hybridized carbons (Fsp3) is 0.118. The highest BCUT2D eigenvalue weighted by Gasteiger charge is 2.25. The number of benzene rings is 2. The Balaban J connectivity index is 2.00. The maximum atomic E-state index is 12.2. The summed E-state index contributed by atoms with van der Waals surface area (Å²) < 4.78 is 24.9. The lowest BCUT2D eigenvalue weighted by Gasteiger charge is -2.08. The van der Waals surface area contributed by atoms with Crippen LogP contribution in [0, 0.1) is 0 Å². The molecule has 2 aromatic carbocycles. The molecule has 0 radical (unpaired) electrons.